The lowest BCUT2D eigenvalue weighted by Crippen LogP contribution is -2.32. The lowest BCUT2D eigenvalue weighted by molar-refractivity contribution is 0.222. The molecule has 1 aliphatic carbocycles. The average molecular weight is 531 g/mol. The van der Waals surface area contributed by atoms with Crippen molar-refractivity contribution < 1.29 is 13.2 Å². The monoisotopic (exact) mass is 530 g/mol. The van der Waals surface area contributed by atoms with E-state index in [-0.39, 0.29) is 0 Å². The van der Waals surface area contributed by atoms with E-state index >= 15 is 0 Å². The minimum absolute atomic E-state index is 0.332. The van der Waals surface area contributed by atoms with Gasteiger partial charge in [-0.1, -0.05) is 31.2 Å². The number of ether oxygens (including phenoxy) is 1. The molecule has 6 heteroatoms. The van der Waals surface area contributed by atoms with Gasteiger partial charge < -0.3 is 15.0 Å². The second kappa shape index (κ2) is 11.0. The van der Waals surface area contributed by atoms with Crippen molar-refractivity contribution in [2.24, 2.45) is 0 Å². The second-order valence-corrected chi connectivity index (χ2v) is 12.6. The topological polar surface area (TPSA) is 58.6 Å². The van der Waals surface area contributed by atoms with Crippen molar-refractivity contribution in [2.75, 3.05) is 38.3 Å². The van der Waals surface area contributed by atoms with Crippen LogP contribution in [0.2, 0.25) is 0 Å². The Bertz CT molecular complexity index is 1450. The Morgan fingerprint density at radius 3 is 2.39 bits per heavy atom. The molecule has 5 nitrogen and oxygen atoms in total. The zero-order valence-electron chi connectivity index (χ0n) is 22.9. The molecule has 0 amide bonds. The van der Waals surface area contributed by atoms with Crippen LogP contribution < -0.4 is 10.1 Å². The molecule has 0 radical (unpaired) electrons. The first-order valence-electron chi connectivity index (χ1n) is 13.6. The molecule has 1 fully saturated rings. The fourth-order valence-electron chi connectivity index (χ4n) is 5.85. The highest BCUT2D eigenvalue weighted by Gasteiger charge is 2.23. The summed E-state index contributed by atoms with van der Waals surface area (Å²) in [6, 6.07) is 16.0. The number of aryl methyl sites for hydroxylation is 1. The van der Waals surface area contributed by atoms with Crippen LogP contribution in [0.15, 0.2) is 59.5 Å². The third-order valence-electron chi connectivity index (χ3n) is 8.09. The second-order valence-electron chi connectivity index (χ2n) is 10.6. The van der Waals surface area contributed by atoms with Crippen LogP contribution in [0.1, 0.15) is 54.4 Å². The highest BCUT2D eigenvalue weighted by atomic mass is 32.2. The Labute approximate surface area is 227 Å². The predicted molar refractivity (Wildman–Crippen MR) is 157 cm³/mol. The number of methoxy groups -OCH3 is 1. The van der Waals surface area contributed by atoms with Crippen LogP contribution in [-0.2, 0) is 16.3 Å². The molecular weight excluding hydrogens is 492 g/mol. The van der Waals surface area contributed by atoms with Crippen molar-refractivity contribution in [2.45, 2.75) is 50.3 Å². The van der Waals surface area contributed by atoms with Crippen LogP contribution in [0.5, 0.6) is 5.75 Å². The summed E-state index contributed by atoms with van der Waals surface area (Å²) in [5, 5.41) is 3.72. The Balaban J connectivity index is 1.49. The number of hydrogen-bond acceptors (Lipinski definition) is 5. The Hall–Kier alpha value is -3.09. The first-order chi connectivity index (χ1) is 18.3. The number of nitrogens with one attached hydrogen (secondary N) is 1. The third kappa shape index (κ3) is 5.52. The van der Waals surface area contributed by atoms with E-state index < -0.39 is 9.84 Å². The molecule has 0 atom stereocenters. The van der Waals surface area contributed by atoms with Crippen molar-refractivity contribution >= 4 is 27.3 Å². The van der Waals surface area contributed by atoms with E-state index in [1.165, 1.54) is 41.4 Å². The van der Waals surface area contributed by atoms with Gasteiger partial charge in [-0.2, -0.15) is 0 Å². The van der Waals surface area contributed by atoms with Gasteiger partial charge in [-0.05, 0) is 128 Å². The lowest BCUT2D eigenvalue weighted by atomic mass is 9.86. The van der Waals surface area contributed by atoms with Gasteiger partial charge in [0.2, 0.25) is 0 Å². The molecule has 3 aromatic carbocycles. The van der Waals surface area contributed by atoms with Gasteiger partial charge in [-0.3, -0.25) is 0 Å². The van der Waals surface area contributed by atoms with Crippen LogP contribution in [0.4, 0.5) is 11.4 Å². The quantitative estimate of drug-likeness (QED) is 0.357. The Kier molecular flexibility index (Phi) is 7.64. The molecule has 1 heterocycles. The number of sulfone groups is 1. The van der Waals surface area contributed by atoms with E-state index in [9.17, 15) is 8.42 Å². The molecule has 0 bridgehead atoms. The maximum Gasteiger partial charge on any atom is 0.175 e. The molecule has 0 spiro atoms. The standard InChI is InChI=1S/C32H38N2O3S/c1-5-34-16-14-24(15-17-34)29-21-32(37-3)31(18-22(29)2)33-30-20-26(19-25-8-6-7-9-28(25)30)23-10-12-27(13-11-23)38(4,35)36/h6,8,10-13,18-21,24,33H,5,7,9,14-17H2,1-4H3. The van der Waals surface area contributed by atoms with Crippen LogP contribution in [0.25, 0.3) is 17.2 Å². The molecule has 2 aliphatic rings. The van der Waals surface area contributed by atoms with Crippen LogP contribution in [0.3, 0.4) is 0 Å². The van der Waals surface area contributed by atoms with E-state index in [1.807, 2.05) is 12.1 Å². The van der Waals surface area contributed by atoms with E-state index in [1.54, 1.807) is 19.2 Å². The number of fused-ring (bicyclic) bond motifs is 1. The zero-order valence-corrected chi connectivity index (χ0v) is 23.7. The first kappa shape index (κ1) is 26.5. The molecule has 1 aliphatic heterocycles. The van der Waals surface area contributed by atoms with Gasteiger partial charge in [-0.15, -0.1) is 0 Å². The summed E-state index contributed by atoms with van der Waals surface area (Å²) < 4.78 is 29.8. The van der Waals surface area contributed by atoms with Crippen molar-refractivity contribution in [1.82, 2.24) is 4.90 Å². The number of rotatable bonds is 7. The molecule has 1 saturated heterocycles. The number of allylic oxidation sites excluding steroid dienone is 1. The maximum absolute atomic E-state index is 11.9. The smallest absolute Gasteiger partial charge is 0.175 e. The number of likely N-dealkylation sites (tertiary alicyclic amines) is 1. The first-order valence-corrected chi connectivity index (χ1v) is 15.5. The molecule has 0 aromatic heterocycles. The summed E-state index contributed by atoms with van der Waals surface area (Å²) in [5.41, 5.74) is 9.25. The van der Waals surface area contributed by atoms with E-state index in [0.717, 1.165) is 60.7 Å². The van der Waals surface area contributed by atoms with Crippen molar-refractivity contribution in [3.63, 3.8) is 0 Å². The van der Waals surface area contributed by atoms with Crippen LogP contribution in [0, 0.1) is 6.92 Å². The van der Waals surface area contributed by atoms with E-state index in [2.05, 4.69) is 60.5 Å². The number of piperidine rings is 1. The minimum atomic E-state index is -3.23. The summed E-state index contributed by atoms with van der Waals surface area (Å²) in [5.74, 6) is 1.43. The molecule has 1 N–H and O–H groups in total. The molecule has 3 aromatic rings. The van der Waals surface area contributed by atoms with Gasteiger partial charge in [0.25, 0.3) is 0 Å². The molecule has 200 valence electrons. The van der Waals surface area contributed by atoms with Crippen LogP contribution >= 0.6 is 0 Å². The van der Waals surface area contributed by atoms with Gasteiger partial charge in [-0.25, -0.2) is 8.42 Å². The minimum Gasteiger partial charge on any atom is -0.495 e. The van der Waals surface area contributed by atoms with Gasteiger partial charge >= 0.3 is 0 Å². The lowest BCUT2D eigenvalue weighted by Gasteiger charge is -2.32. The zero-order chi connectivity index (χ0) is 26.9. The summed E-state index contributed by atoms with van der Waals surface area (Å²) in [6.45, 7) is 7.88. The van der Waals surface area contributed by atoms with Gasteiger partial charge in [0.1, 0.15) is 5.75 Å². The maximum atomic E-state index is 11.9. The van der Waals surface area contributed by atoms with Gasteiger partial charge in [0.05, 0.1) is 17.7 Å². The molecule has 0 unspecified atom stereocenters. The summed E-state index contributed by atoms with van der Waals surface area (Å²) in [4.78, 5) is 2.86. The van der Waals surface area contributed by atoms with Crippen molar-refractivity contribution in [1.29, 1.82) is 0 Å². The average Bonchev–Trinajstić information content (AvgIpc) is 2.93. The summed E-state index contributed by atoms with van der Waals surface area (Å²) in [7, 11) is -1.49. The Morgan fingerprint density at radius 1 is 1.00 bits per heavy atom. The number of nitrogens with zero attached hydrogens (tertiary/aromatic N) is 1. The molecular formula is C32H38N2O3S. The normalized spacial score (nSPS) is 16.3. The summed E-state index contributed by atoms with van der Waals surface area (Å²) >= 11 is 0. The molecule has 38 heavy (non-hydrogen) atoms. The Morgan fingerprint density at radius 2 is 1.74 bits per heavy atom. The molecule has 5 rings (SSSR count). The van der Waals surface area contributed by atoms with Crippen molar-refractivity contribution in [3.05, 3.63) is 76.9 Å². The SMILES string of the molecule is CCN1CCC(c2cc(OC)c(Nc3cc(-c4ccc(S(C)(=O)=O)cc4)cc4c3CCC=C4)cc2C)CC1. The number of benzene rings is 3. The van der Waals surface area contributed by atoms with E-state index in [0.29, 0.717) is 10.8 Å². The highest BCUT2D eigenvalue weighted by molar-refractivity contribution is 7.90. The van der Waals surface area contributed by atoms with Crippen LogP contribution in [-0.4, -0.2) is 46.3 Å². The van der Waals surface area contributed by atoms with Gasteiger partial charge in [0.15, 0.2) is 9.84 Å². The fourth-order valence-corrected chi connectivity index (χ4v) is 6.48. The summed E-state index contributed by atoms with van der Waals surface area (Å²) in [6.07, 6.45) is 9.99. The fraction of sp³-hybridized carbons (Fsp3) is 0.375. The molecule has 0 saturated carbocycles. The predicted octanol–water partition coefficient (Wildman–Crippen LogP) is 6.98. The number of hydrogen-bond donors (Lipinski definition) is 1. The highest BCUT2D eigenvalue weighted by Crippen LogP contribution is 2.40. The van der Waals surface area contributed by atoms with Crippen molar-refractivity contribution in [3.8, 4) is 16.9 Å². The largest absolute Gasteiger partial charge is 0.495 e. The van der Waals surface area contributed by atoms with E-state index in [4.69, 9.17) is 4.74 Å². The van der Waals surface area contributed by atoms with Gasteiger partial charge in [0, 0.05) is 11.9 Å². The third-order valence-corrected chi connectivity index (χ3v) is 9.22. The number of anilines is 2.